The Morgan fingerprint density at radius 3 is 2.32 bits per heavy atom. The minimum atomic E-state index is -3.57. The van der Waals surface area contributed by atoms with Gasteiger partial charge in [0.15, 0.2) is 0 Å². The highest BCUT2D eigenvalue weighted by molar-refractivity contribution is 7.89. The first-order valence-corrected chi connectivity index (χ1v) is 12.1. The zero-order chi connectivity index (χ0) is 22.2. The fourth-order valence-corrected chi connectivity index (χ4v) is 5.70. The van der Waals surface area contributed by atoms with Crippen LogP contribution in [-0.4, -0.2) is 53.4 Å². The molecule has 0 saturated carbocycles. The lowest BCUT2D eigenvalue weighted by atomic mass is 10.1. The first-order chi connectivity index (χ1) is 14.8. The van der Waals surface area contributed by atoms with Crippen LogP contribution in [0.5, 0.6) is 0 Å². The van der Waals surface area contributed by atoms with E-state index < -0.39 is 10.0 Å². The summed E-state index contributed by atoms with van der Waals surface area (Å²) in [6.07, 6.45) is 0.766. The summed E-state index contributed by atoms with van der Waals surface area (Å²) >= 11 is 5.89. The van der Waals surface area contributed by atoms with E-state index in [9.17, 15) is 13.2 Å². The van der Waals surface area contributed by atoms with Crippen LogP contribution in [0.1, 0.15) is 25.2 Å². The van der Waals surface area contributed by atoms with E-state index in [1.54, 1.807) is 29.8 Å². The van der Waals surface area contributed by atoms with Crippen molar-refractivity contribution in [1.82, 2.24) is 18.8 Å². The van der Waals surface area contributed by atoms with E-state index in [-0.39, 0.29) is 16.5 Å². The summed E-state index contributed by atoms with van der Waals surface area (Å²) in [6.45, 7) is 3.94. The number of rotatable bonds is 5. The Morgan fingerprint density at radius 2 is 1.68 bits per heavy atom. The second kappa shape index (κ2) is 8.70. The number of halogens is 1. The van der Waals surface area contributed by atoms with Crippen LogP contribution in [0.4, 0.5) is 0 Å². The molecule has 2 heterocycles. The van der Waals surface area contributed by atoms with Gasteiger partial charge in [0.2, 0.25) is 10.0 Å². The van der Waals surface area contributed by atoms with Crippen molar-refractivity contribution in [3.63, 3.8) is 0 Å². The number of benzene rings is 2. The van der Waals surface area contributed by atoms with E-state index in [2.05, 4.69) is 11.8 Å². The van der Waals surface area contributed by atoms with Crippen molar-refractivity contribution in [2.24, 2.45) is 7.05 Å². The van der Waals surface area contributed by atoms with Crippen molar-refractivity contribution in [1.29, 1.82) is 0 Å². The van der Waals surface area contributed by atoms with Gasteiger partial charge in [0.25, 0.3) is 5.56 Å². The second-order valence-electron chi connectivity index (χ2n) is 7.67. The zero-order valence-electron chi connectivity index (χ0n) is 17.5. The maximum absolute atomic E-state index is 13.0. The Labute approximate surface area is 186 Å². The number of hydrogen-bond acceptors (Lipinski definition) is 5. The predicted molar refractivity (Wildman–Crippen MR) is 122 cm³/mol. The minimum absolute atomic E-state index is 0.0667. The molecule has 31 heavy (non-hydrogen) atoms. The van der Waals surface area contributed by atoms with Gasteiger partial charge in [-0.3, -0.25) is 14.3 Å². The third-order valence-corrected chi connectivity index (χ3v) is 8.03. The Bertz CT molecular complexity index is 1250. The van der Waals surface area contributed by atoms with Crippen LogP contribution in [0.15, 0.2) is 58.2 Å². The minimum Gasteiger partial charge on any atom is -0.298 e. The van der Waals surface area contributed by atoms with Gasteiger partial charge in [0, 0.05) is 38.2 Å². The van der Waals surface area contributed by atoms with Gasteiger partial charge in [-0.1, -0.05) is 30.7 Å². The molecule has 0 amide bonds. The van der Waals surface area contributed by atoms with Gasteiger partial charge < -0.3 is 0 Å². The quantitative estimate of drug-likeness (QED) is 0.585. The van der Waals surface area contributed by atoms with Crippen molar-refractivity contribution >= 4 is 32.5 Å². The van der Waals surface area contributed by atoms with Crippen LogP contribution in [0.2, 0.25) is 5.02 Å². The average molecular weight is 461 g/mol. The molecule has 0 spiro atoms. The smallest absolute Gasteiger partial charge is 0.261 e. The van der Waals surface area contributed by atoms with Crippen LogP contribution in [0.3, 0.4) is 0 Å². The summed E-state index contributed by atoms with van der Waals surface area (Å²) in [5.41, 5.74) is 0.617. The van der Waals surface area contributed by atoms with Gasteiger partial charge in [-0.2, -0.15) is 4.31 Å². The molecular weight excluding hydrogens is 436 g/mol. The molecule has 1 aliphatic heterocycles. The van der Waals surface area contributed by atoms with Crippen molar-refractivity contribution in [3.05, 3.63) is 69.7 Å². The van der Waals surface area contributed by atoms with Crippen LogP contribution >= 0.6 is 11.6 Å². The lowest BCUT2D eigenvalue weighted by molar-refractivity contribution is 0.126. The van der Waals surface area contributed by atoms with E-state index in [1.807, 2.05) is 18.2 Å². The molecule has 7 nitrogen and oxygen atoms in total. The van der Waals surface area contributed by atoms with E-state index in [0.29, 0.717) is 47.9 Å². The molecule has 3 aromatic rings. The number of aromatic nitrogens is 2. The van der Waals surface area contributed by atoms with E-state index in [1.165, 1.54) is 16.4 Å². The van der Waals surface area contributed by atoms with Crippen LogP contribution < -0.4 is 5.56 Å². The van der Waals surface area contributed by atoms with Gasteiger partial charge in [-0.15, -0.1) is 0 Å². The third-order valence-electron chi connectivity index (χ3n) is 5.87. The molecule has 1 aliphatic rings. The Kier molecular flexibility index (Phi) is 6.16. The van der Waals surface area contributed by atoms with Crippen LogP contribution in [0.25, 0.3) is 10.9 Å². The van der Waals surface area contributed by atoms with Gasteiger partial charge in [0.05, 0.1) is 21.8 Å². The van der Waals surface area contributed by atoms with Crippen molar-refractivity contribution in [3.8, 4) is 0 Å². The lowest BCUT2D eigenvalue weighted by Gasteiger charge is -2.38. The van der Waals surface area contributed by atoms with Gasteiger partial charge >= 0.3 is 0 Å². The topological polar surface area (TPSA) is 75.5 Å². The van der Waals surface area contributed by atoms with Crippen molar-refractivity contribution in [2.75, 3.05) is 26.2 Å². The van der Waals surface area contributed by atoms with Gasteiger partial charge in [-0.25, -0.2) is 13.4 Å². The Morgan fingerprint density at radius 1 is 1.03 bits per heavy atom. The summed E-state index contributed by atoms with van der Waals surface area (Å²) in [5, 5.41) is 1.10. The molecule has 9 heteroatoms. The third kappa shape index (κ3) is 4.13. The predicted octanol–water partition coefficient (Wildman–Crippen LogP) is 3.04. The lowest BCUT2D eigenvalue weighted by Crippen LogP contribution is -2.50. The highest BCUT2D eigenvalue weighted by Gasteiger charge is 2.32. The Balaban J connectivity index is 1.56. The standard InChI is InChI=1S/C22H25ClN4O3S/c1-3-20(21-24-19-7-5-4-6-18(19)22(28)25(21)2)26-12-14-27(15-13-26)31(29,30)17-10-8-16(23)9-11-17/h4-11,20H,3,12-15H2,1-2H3. The molecule has 1 saturated heterocycles. The van der Waals surface area contributed by atoms with Gasteiger partial charge in [-0.05, 0) is 42.8 Å². The normalized spacial score (nSPS) is 17.1. The number of piperazine rings is 1. The average Bonchev–Trinajstić information content (AvgIpc) is 2.78. The number of para-hydroxylation sites is 1. The molecule has 0 N–H and O–H groups in total. The second-order valence-corrected chi connectivity index (χ2v) is 10.0. The highest BCUT2D eigenvalue weighted by Crippen LogP contribution is 2.26. The molecule has 0 aliphatic carbocycles. The first kappa shape index (κ1) is 22.0. The Hall–Kier alpha value is -2.26. The van der Waals surface area contributed by atoms with Crippen molar-refractivity contribution in [2.45, 2.75) is 24.3 Å². The number of fused-ring (bicyclic) bond motifs is 1. The van der Waals surface area contributed by atoms with Crippen LogP contribution in [0, 0.1) is 0 Å². The first-order valence-electron chi connectivity index (χ1n) is 10.3. The molecule has 0 bridgehead atoms. The summed E-state index contributed by atoms with van der Waals surface area (Å²) < 4.78 is 29.1. The molecule has 164 valence electrons. The monoisotopic (exact) mass is 460 g/mol. The largest absolute Gasteiger partial charge is 0.298 e. The molecule has 1 aromatic heterocycles. The SMILES string of the molecule is CCC(c1nc2ccccc2c(=O)n1C)N1CCN(S(=O)(=O)c2ccc(Cl)cc2)CC1. The highest BCUT2D eigenvalue weighted by atomic mass is 35.5. The van der Waals surface area contributed by atoms with Crippen LogP contribution in [-0.2, 0) is 17.1 Å². The summed E-state index contributed by atoms with van der Waals surface area (Å²) in [4.78, 5) is 20.1. The molecule has 2 aromatic carbocycles. The number of nitrogens with zero attached hydrogens (tertiary/aromatic N) is 4. The van der Waals surface area contributed by atoms with E-state index in [4.69, 9.17) is 16.6 Å². The zero-order valence-corrected chi connectivity index (χ0v) is 19.1. The summed E-state index contributed by atoms with van der Waals surface area (Å²) in [7, 11) is -1.81. The molecule has 1 unspecified atom stereocenters. The molecule has 4 rings (SSSR count). The van der Waals surface area contributed by atoms with Gasteiger partial charge in [0.1, 0.15) is 5.82 Å². The maximum atomic E-state index is 13.0. The maximum Gasteiger partial charge on any atom is 0.261 e. The summed E-state index contributed by atoms with van der Waals surface area (Å²) in [6, 6.07) is 13.5. The van der Waals surface area contributed by atoms with E-state index in [0.717, 1.165) is 6.42 Å². The molecule has 0 radical (unpaired) electrons. The number of hydrogen-bond donors (Lipinski definition) is 0. The molecule has 1 atom stereocenters. The fourth-order valence-electron chi connectivity index (χ4n) is 4.15. The van der Waals surface area contributed by atoms with E-state index >= 15 is 0 Å². The molecular formula is C22H25ClN4O3S. The fraction of sp³-hybridized carbons (Fsp3) is 0.364. The molecule has 1 fully saturated rings. The number of sulfonamides is 1. The van der Waals surface area contributed by atoms with Crippen molar-refractivity contribution < 1.29 is 8.42 Å². The summed E-state index contributed by atoms with van der Waals surface area (Å²) in [5.74, 6) is 0.709.